The number of nitrogens with one attached hydrogen (secondary N) is 1. The van der Waals surface area contributed by atoms with Gasteiger partial charge in [-0.2, -0.15) is 0 Å². The van der Waals surface area contributed by atoms with Crippen molar-refractivity contribution in [2.45, 2.75) is 13.5 Å². The molecule has 2 aromatic carbocycles. The number of benzene rings is 2. The molecule has 0 saturated carbocycles. The van der Waals surface area contributed by atoms with Crippen LogP contribution in [0.1, 0.15) is 18.1 Å². The molecule has 1 saturated heterocycles. The van der Waals surface area contributed by atoms with Crippen LogP contribution < -0.4 is 5.32 Å². The Labute approximate surface area is 163 Å². The van der Waals surface area contributed by atoms with Gasteiger partial charge < -0.3 is 5.32 Å². The number of rotatable bonds is 4. The zero-order valence-corrected chi connectivity index (χ0v) is 16.3. The molecule has 1 heterocycles. The van der Waals surface area contributed by atoms with Crippen LogP contribution in [0.5, 0.6) is 0 Å². The molecule has 5 nitrogen and oxygen atoms in total. The van der Waals surface area contributed by atoms with Gasteiger partial charge in [0.25, 0.3) is 11.1 Å². The minimum absolute atomic E-state index is 0.146. The number of imide groups is 1. The maximum atomic E-state index is 12.6. The number of amides is 3. The van der Waals surface area contributed by atoms with Crippen LogP contribution >= 0.6 is 27.7 Å². The Hall–Kier alpha value is -2.38. The molecule has 1 aliphatic rings. The first kappa shape index (κ1) is 18.4. The Kier molecular flexibility index (Phi) is 5.58. The first-order valence-electron chi connectivity index (χ1n) is 7.80. The highest BCUT2D eigenvalue weighted by molar-refractivity contribution is 9.10. The number of hydrogen-bond acceptors (Lipinski definition) is 4. The van der Waals surface area contributed by atoms with E-state index in [1.165, 1.54) is 11.8 Å². The van der Waals surface area contributed by atoms with Crippen molar-refractivity contribution in [1.29, 1.82) is 0 Å². The van der Waals surface area contributed by atoms with Gasteiger partial charge in [-0.05, 0) is 53.2 Å². The van der Waals surface area contributed by atoms with Crippen molar-refractivity contribution >= 4 is 56.5 Å². The number of carbonyl (C=O) groups excluding carboxylic acids is 3. The van der Waals surface area contributed by atoms with Crippen LogP contribution in [0.15, 0.2) is 57.9 Å². The molecule has 3 rings (SSSR count). The van der Waals surface area contributed by atoms with E-state index in [0.717, 1.165) is 27.4 Å². The summed E-state index contributed by atoms with van der Waals surface area (Å²) < 4.78 is 0.943. The van der Waals surface area contributed by atoms with Gasteiger partial charge >= 0.3 is 0 Å². The summed E-state index contributed by atoms with van der Waals surface area (Å²) in [7, 11) is 0. The quantitative estimate of drug-likeness (QED) is 0.717. The second-order valence-electron chi connectivity index (χ2n) is 5.70. The van der Waals surface area contributed by atoms with Crippen molar-refractivity contribution in [3.05, 3.63) is 69.0 Å². The van der Waals surface area contributed by atoms with Crippen LogP contribution in [0, 0.1) is 0 Å². The zero-order valence-electron chi connectivity index (χ0n) is 13.9. The fraction of sp³-hybridized carbons (Fsp3) is 0.105. The minimum atomic E-state index is -0.297. The number of nitrogens with zero attached hydrogens (tertiary/aromatic N) is 1. The summed E-state index contributed by atoms with van der Waals surface area (Å²) in [6.07, 6.45) is 1.68. The van der Waals surface area contributed by atoms with E-state index in [2.05, 4.69) is 21.2 Å². The number of hydrogen-bond donors (Lipinski definition) is 1. The number of thioether (sulfide) groups is 1. The summed E-state index contributed by atoms with van der Waals surface area (Å²) in [5, 5.41) is 2.40. The lowest BCUT2D eigenvalue weighted by molar-refractivity contribution is -0.123. The monoisotopic (exact) mass is 430 g/mol. The van der Waals surface area contributed by atoms with Crippen LogP contribution in [-0.4, -0.2) is 22.0 Å². The Morgan fingerprint density at radius 2 is 1.77 bits per heavy atom. The second-order valence-corrected chi connectivity index (χ2v) is 7.61. The molecule has 26 heavy (non-hydrogen) atoms. The molecule has 0 bridgehead atoms. The van der Waals surface area contributed by atoms with Gasteiger partial charge in [0.05, 0.1) is 11.4 Å². The van der Waals surface area contributed by atoms with Crippen LogP contribution in [0.4, 0.5) is 10.5 Å². The third-order valence-corrected chi connectivity index (χ3v) is 5.09. The van der Waals surface area contributed by atoms with E-state index in [9.17, 15) is 14.4 Å². The average molecular weight is 431 g/mol. The fourth-order valence-electron chi connectivity index (χ4n) is 2.43. The van der Waals surface area contributed by atoms with E-state index >= 15 is 0 Å². The molecule has 7 heteroatoms. The van der Waals surface area contributed by atoms with E-state index in [0.29, 0.717) is 10.6 Å². The van der Waals surface area contributed by atoms with Gasteiger partial charge in [-0.1, -0.05) is 40.2 Å². The molecule has 1 fully saturated rings. The van der Waals surface area contributed by atoms with Crippen LogP contribution in [0.25, 0.3) is 6.08 Å². The lowest BCUT2D eigenvalue weighted by Crippen LogP contribution is -2.27. The number of anilines is 1. The van der Waals surface area contributed by atoms with Gasteiger partial charge in [0.2, 0.25) is 5.91 Å². The van der Waals surface area contributed by atoms with E-state index in [1.807, 2.05) is 24.3 Å². The summed E-state index contributed by atoms with van der Waals surface area (Å²) in [6, 6.07) is 14.6. The third-order valence-electron chi connectivity index (χ3n) is 3.66. The molecule has 0 aliphatic carbocycles. The van der Waals surface area contributed by atoms with Crippen molar-refractivity contribution in [3.8, 4) is 0 Å². The molecule has 3 amide bonds. The fourth-order valence-corrected chi connectivity index (χ4v) is 3.53. The first-order valence-corrected chi connectivity index (χ1v) is 9.41. The van der Waals surface area contributed by atoms with E-state index in [-0.39, 0.29) is 23.6 Å². The Morgan fingerprint density at radius 3 is 2.38 bits per heavy atom. The van der Waals surface area contributed by atoms with Crippen molar-refractivity contribution < 1.29 is 14.4 Å². The van der Waals surface area contributed by atoms with Gasteiger partial charge in [-0.3, -0.25) is 19.3 Å². The average Bonchev–Trinajstić information content (AvgIpc) is 2.85. The maximum Gasteiger partial charge on any atom is 0.293 e. The third kappa shape index (κ3) is 4.42. The summed E-state index contributed by atoms with van der Waals surface area (Å²) in [6.45, 7) is 1.69. The van der Waals surface area contributed by atoms with Gasteiger partial charge in [-0.25, -0.2) is 0 Å². The summed E-state index contributed by atoms with van der Waals surface area (Å²) in [4.78, 5) is 37.4. The smallest absolute Gasteiger partial charge is 0.293 e. The molecular formula is C19H15BrN2O3S. The normalized spacial score (nSPS) is 15.6. The molecular weight excluding hydrogens is 416 g/mol. The summed E-state index contributed by atoms with van der Waals surface area (Å²) in [5.41, 5.74) is 2.35. The lowest BCUT2D eigenvalue weighted by Gasteiger charge is -2.12. The predicted molar refractivity (Wildman–Crippen MR) is 106 cm³/mol. The van der Waals surface area contributed by atoms with Crippen molar-refractivity contribution in [2.24, 2.45) is 0 Å². The van der Waals surface area contributed by atoms with Crippen molar-refractivity contribution in [1.82, 2.24) is 4.90 Å². The Balaban J connectivity index is 1.74. The summed E-state index contributed by atoms with van der Waals surface area (Å²) in [5.74, 6) is -0.444. The Bertz CT molecular complexity index is 892. The zero-order chi connectivity index (χ0) is 18.7. The standard InChI is InChI=1S/C19H15BrN2O3S/c1-12(23)21-16-8-4-13(5-9-16)10-17-18(24)22(19(25)26-17)11-14-2-6-15(20)7-3-14/h2-10H,11H2,1H3,(H,21,23)/b17-10-. The molecule has 0 radical (unpaired) electrons. The molecule has 1 aliphatic heterocycles. The van der Waals surface area contributed by atoms with Crippen LogP contribution in [0.3, 0.4) is 0 Å². The van der Waals surface area contributed by atoms with E-state index in [4.69, 9.17) is 0 Å². The Morgan fingerprint density at radius 1 is 1.12 bits per heavy atom. The molecule has 1 N–H and O–H groups in total. The van der Waals surface area contributed by atoms with Crippen molar-refractivity contribution in [3.63, 3.8) is 0 Å². The largest absolute Gasteiger partial charge is 0.326 e. The lowest BCUT2D eigenvalue weighted by atomic mass is 10.2. The van der Waals surface area contributed by atoms with Gasteiger partial charge in [0.1, 0.15) is 0 Å². The van der Waals surface area contributed by atoms with Gasteiger partial charge in [0.15, 0.2) is 0 Å². The molecule has 0 atom stereocenters. The molecule has 0 aromatic heterocycles. The maximum absolute atomic E-state index is 12.6. The number of carbonyl (C=O) groups is 3. The highest BCUT2D eigenvalue weighted by atomic mass is 79.9. The first-order chi connectivity index (χ1) is 12.4. The molecule has 2 aromatic rings. The van der Waals surface area contributed by atoms with Crippen LogP contribution in [-0.2, 0) is 16.1 Å². The topological polar surface area (TPSA) is 66.5 Å². The van der Waals surface area contributed by atoms with Crippen LogP contribution in [0.2, 0.25) is 0 Å². The molecule has 0 unspecified atom stereocenters. The second kappa shape index (κ2) is 7.88. The SMILES string of the molecule is CC(=O)Nc1ccc(/C=C2\SC(=O)N(Cc3ccc(Br)cc3)C2=O)cc1. The highest BCUT2D eigenvalue weighted by Gasteiger charge is 2.34. The highest BCUT2D eigenvalue weighted by Crippen LogP contribution is 2.33. The minimum Gasteiger partial charge on any atom is -0.326 e. The van der Waals surface area contributed by atoms with E-state index in [1.54, 1.807) is 30.3 Å². The molecule has 132 valence electrons. The van der Waals surface area contributed by atoms with E-state index < -0.39 is 0 Å². The van der Waals surface area contributed by atoms with Gasteiger partial charge in [-0.15, -0.1) is 0 Å². The van der Waals surface area contributed by atoms with Crippen molar-refractivity contribution in [2.75, 3.05) is 5.32 Å². The van der Waals surface area contributed by atoms with Gasteiger partial charge in [0, 0.05) is 17.1 Å². The summed E-state index contributed by atoms with van der Waals surface area (Å²) >= 11 is 4.30. The molecule has 0 spiro atoms. The number of halogens is 1. The predicted octanol–water partition coefficient (Wildman–Crippen LogP) is 4.64.